The van der Waals surface area contributed by atoms with Gasteiger partial charge in [0.25, 0.3) is 0 Å². The number of piperazine rings is 1. The van der Waals surface area contributed by atoms with Gasteiger partial charge in [0.2, 0.25) is 0 Å². The van der Waals surface area contributed by atoms with Crippen molar-refractivity contribution >= 4 is 17.4 Å². The van der Waals surface area contributed by atoms with Crippen molar-refractivity contribution in [3.63, 3.8) is 0 Å². The second-order valence-electron chi connectivity index (χ2n) is 7.84. The molecule has 1 heterocycles. The van der Waals surface area contributed by atoms with Crippen molar-refractivity contribution < 1.29 is 14.6 Å². The third kappa shape index (κ3) is 4.82. The summed E-state index contributed by atoms with van der Waals surface area (Å²) in [4.78, 5) is 17.0. The minimum Gasteiger partial charge on any atom is -0.495 e. The van der Waals surface area contributed by atoms with E-state index in [2.05, 4.69) is 42.3 Å². The second-order valence-corrected chi connectivity index (χ2v) is 7.84. The fraction of sp³-hybridized carbons (Fsp3) is 0.435. The summed E-state index contributed by atoms with van der Waals surface area (Å²) in [6.45, 7) is 10.7. The molecular formula is C23H31N3O3. The zero-order chi connectivity index (χ0) is 21.1. The first-order valence-corrected chi connectivity index (χ1v) is 10.0. The Labute approximate surface area is 173 Å². The molecular weight excluding hydrogens is 366 g/mol. The maximum absolute atomic E-state index is 12.8. The van der Waals surface area contributed by atoms with E-state index in [1.54, 1.807) is 20.1 Å². The number of nitrogens with one attached hydrogen (secondary N) is 1. The van der Waals surface area contributed by atoms with Gasteiger partial charge in [0.05, 0.1) is 18.9 Å². The topological polar surface area (TPSA) is 65.0 Å². The van der Waals surface area contributed by atoms with Gasteiger partial charge in [-0.25, -0.2) is 4.79 Å². The third-order valence-electron chi connectivity index (χ3n) is 5.42. The molecule has 1 fully saturated rings. The van der Waals surface area contributed by atoms with Gasteiger partial charge in [-0.15, -0.1) is 0 Å². The van der Waals surface area contributed by atoms with Gasteiger partial charge in [-0.1, -0.05) is 6.07 Å². The quantitative estimate of drug-likeness (QED) is 0.818. The Hall–Kier alpha value is -2.73. The van der Waals surface area contributed by atoms with Crippen molar-refractivity contribution in [3.8, 4) is 5.75 Å². The van der Waals surface area contributed by atoms with Crippen LogP contribution in [0.3, 0.4) is 0 Å². The number of hydrogen-bond acceptors (Lipinski definition) is 4. The number of nitrogens with zero attached hydrogens (tertiary/aromatic N) is 2. The van der Waals surface area contributed by atoms with Crippen LogP contribution in [0.5, 0.6) is 5.75 Å². The monoisotopic (exact) mass is 397 g/mol. The first-order valence-electron chi connectivity index (χ1n) is 10.0. The number of methoxy groups -OCH3 is 1. The van der Waals surface area contributed by atoms with Gasteiger partial charge < -0.3 is 25.0 Å². The minimum absolute atomic E-state index is 0.149. The number of ether oxygens (including phenoxy) is 1. The molecule has 156 valence electrons. The van der Waals surface area contributed by atoms with E-state index in [0.717, 1.165) is 24.2 Å². The Bertz CT molecular complexity index is 867. The highest BCUT2D eigenvalue weighted by Crippen LogP contribution is 2.31. The van der Waals surface area contributed by atoms with Crippen LogP contribution in [-0.4, -0.2) is 49.3 Å². The predicted molar refractivity (Wildman–Crippen MR) is 117 cm³/mol. The Morgan fingerprint density at radius 1 is 1.03 bits per heavy atom. The maximum Gasteiger partial charge on any atom is 0.322 e. The first kappa shape index (κ1) is 21.0. The molecule has 2 N–H and O–H groups in total. The van der Waals surface area contributed by atoms with Gasteiger partial charge in [-0.05, 0) is 74.2 Å². The first-order chi connectivity index (χ1) is 13.8. The zero-order valence-electron chi connectivity index (χ0n) is 18.0. The largest absolute Gasteiger partial charge is 0.495 e. The molecule has 0 saturated carbocycles. The van der Waals surface area contributed by atoms with E-state index in [-0.39, 0.29) is 6.03 Å². The highest BCUT2D eigenvalue weighted by molar-refractivity contribution is 5.91. The lowest BCUT2D eigenvalue weighted by atomic mass is 10.0. The molecule has 0 aliphatic carbocycles. The van der Waals surface area contributed by atoms with Gasteiger partial charge in [0.1, 0.15) is 5.75 Å². The Balaban J connectivity index is 1.68. The summed E-state index contributed by atoms with van der Waals surface area (Å²) in [7, 11) is 1.58. The minimum atomic E-state index is -0.613. The van der Waals surface area contributed by atoms with Crippen LogP contribution in [0.2, 0.25) is 0 Å². The van der Waals surface area contributed by atoms with E-state index in [1.165, 1.54) is 16.8 Å². The maximum atomic E-state index is 12.8. The van der Waals surface area contributed by atoms with Gasteiger partial charge in [0, 0.05) is 31.9 Å². The van der Waals surface area contributed by atoms with Gasteiger partial charge in [-0.3, -0.25) is 0 Å². The van der Waals surface area contributed by atoms with Crippen molar-refractivity contribution in [2.45, 2.75) is 33.8 Å². The molecule has 1 saturated heterocycles. The van der Waals surface area contributed by atoms with E-state index in [9.17, 15) is 9.90 Å². The van der Waals surface area contributed by atoms with Crippen LogP contribution in [0.1, 0.15) is 35.3 Å². The number of urea groups is 1. The zero-order valence-corrected chi connectivity index (χ0v) is 18.0. The highest BCUT2D eigenvalue weighted by atomic mass is 16.5. The SMILES string of the molecule is COc1cc(C)c(C(C)O)cc1NC(=O)N1CCN(c2cc(C)cc(C)c2)CC1. The summed E-state index contributed by atoms with van der Waals surface area (Å²) in [6.07, 6.45) is -0.613. The summed E-state index contributed by atoms with van der Waals surface area (Å²) in [5.74, 6) is 0.592. The standard InChI is InChI=1S/C23H31N3O3/c1-15-10-16(2)12-19(11-15)25-6-8-26(9-7-25)23(28)24-21-14-20(18(4)27)17(3)13-22(21)29-5/h10-14,18,27H,6-9H2,1-5H3,(H,24,28). The summed E-state index contributed by atoms with van der Waals surface area (Å²) in [5, 5.41) is 12.9. The molecule has 1 aliphatic rings. The van der Waals surface area contributed by atoms with E-state index in [1.807, 2.05) is 17.9 Å². The number of carbonyl (C=O) groups excluding carboxylic acids is 1. The molecule has 29 heavy (non-hydrogen) atoms. The normalized spacial score (nSPS) is 15.2. The number of hydrogen-bond donors (Lipinski definition) is 2. The molecule has 0 spiro atoms. The number of anilines is 2. The molecule has 2 aromatic carbocycles. The molecule has 6 nitrogen and oxygen atoms in total. The van der Waals surface area contributed by atoms with Crippen LogP contribution in [0, 0.1) is 20.8 Å². The van der Waals surface area contributed by atoms with E-state index in [4.69, 9.17) is 4.74 Å². The number of aliphatic hydroxyl groups excluding tert-OH is 1. The Kier molecular flexibility index (Phi) is 6.33. The molecule has 1 aliphatic heterocycles. The highest BCUT2D eigenvalue weighted by Gasteiger charge is 2.23. The lowest BCUT2D eigenvalue weighted by Gasteiger charge is -2.36. The van der Waals surface area contributed by atoms with E-state index < -0.39 is 6.10 Å². The number of aryl methyl sites for hydroxylation is 3. The lowest BCUT2D eigenvalue weighted by molar-refractivity contribution is 0.198. The van der Waals surface area contributed by atoms with Crippen LogP contribution in [0.25, 0.3) is 0 Å². The van der Waals surface area contributed by atoms with E-state index in [0.29, 0.717) is 24.5 Å². The summed E-state index contributed by atoms with van der Waals surface area (Å²) in [6, 6.07) is 10.0. The average Bonchev–Trinajstić information content (AvgIpc) is 2.68. The fourth-order valence-electron chi connectivity index (χ4n) is 3.91. The Morgan fingerprint density at radius 2 is 1.66 bits per heavy atom. The molecule has 0 radical (unpaired) electrons. The summed E-state index contributed by atoms with van der Waals surface area (Å²) >= 11 is 0. The molecule has 1 unspecified atom stereocenters. The number of carbonyl (C=O) groups is 1. The van der Waals surface area contributed by atoms with Crippen LogP contribution in [0.4, 0.5) is 16.2 Å². The third-order valence-corrected chi connectivity index (χ3v) is 5.42. The van der Waals surface area contributed by atoms with Crippen LogP contribution in [0.15, 0.2) is 30.3 Å². The Morgan fingerprint density at radius 3 is 2.21 bits per heavy atom. The van der Waals surface area contributed by atoms with Crippen molar-refractivity contribution in [2.24, 2.45) is 0 Å². The predicted octanol–water partition coefficient (Wildman–Crippen LogP) is 4.03. The van der Waals surface area contributed by atoms with Gasteiger partial charge in [0.15, 0.2) is 0 Å². The second kappa shape index (κ2) is 8.74. The average molecular weight is 398 g/mol. The molecule has 0 bridgehead atoms. The van der Waals surface area contributed by atoms with Crippen molar-refractivity contribution in [1.29, 1.82) is 0 Å². The van der Waals surface area contributed by atoms with Crippen molar-refractivity contribution in [2.75, 3.05) is 43.5 Å². The van der Waals surface area contributed by atoms with Crippen molar-refractivity contribution in [3.05, 3.63) is 52.6 Å². The molecule has 3 rings (SSSR count). The number of aliphatic hydroxyl groups is 1. The smallest absolute Gasteiger partial charge is 0.322 e. The van der Waals surface area contributed by atoms with Crippen molar-refractivity contribution in [1.82, 2.24) is 4.90 Å². The number of amides is 2. The van der Waals surface area contributed by atoms with Crippen LogP contribution < -0.4 is 15.0 Å². The molecule has 2 aromatic rings. The van der Waals surface area contributed by atoms with Gasteiger partial charge in [-0.2, -0.15) is 0 Å². The summed E-state index contributed by atoms with van der Waals surface area (Å²) < 4.78 is 5.42. The number of benzene rings is 2. The fourth-order valence-corrected chi connectivity index (χ4v) is 3.91. The summed E-state index contributed by atoms with van der Waals surface area (Å²) in [5.41, 5.74) is 6.00. The molecule has 2 amide bonds. The molecule has 6 heteroatoms. The van der Waals surface area contributed by atoms with Crippen LogP contribution in [-0.2, 0) is 0 Å². The molecule has 0 aromatic heterocycles. The lowest BCUT2D eigenvalue weighted by Crippen LogP contribution is -2.50. The van der Waals surface area contributed by atoms with E-state index >= 15 is 0 Å². The number of rotatable bonds is 4. The molecule has 1 atom stereocenters. The van der Waals surface area contributed by atoms with Gasteiger partial charge >= 0.3 is 6.03 Å². The van der Waals surface area contributed by atoms with Crippen LogP contribution >= 0.6 is 0 Å².